The van der Waals surface area contributed by atoms with E-state index in [1.807, 2.05) is 0 Å². The molecule has 0 aromatic carbocycles. The molecule has 0 saturated heterocycles. The van der Waals surface area contributed by atoms with E-state index < -0.39 is 0 Å². The smallest absolute Gasteiger partial charge is 0.406 e. The van der Waals surface area contributed by atoms with Crippen LogP contribution in [0.2, 0.25) is 0 Å². The van der Waals surface area contributed by atoms with Gasteiger partial charge in [-0.25, -0.2) is 4.79 Å². The molecule has 1 N–H and O–H groups in total. The Bertz CT molecular complexity index is 822. The second kappa shape index (κ2) is 9.04. The molecular formula is C30H49NO3. The molecule has 4 saturated carbocycles. The van der Waals surface area contributed by atoms with Crippen LogP contribution in [0.5, 0.6) is 0 Å². The van der Waals surface area contributed by atoms with E-state index in [-0.39, 0.29) is 6.09 Å². The van der Waals surface area contributed by atoms with Gasteiger partial charge in [-0.05, 0) is 110 Å². The molecule has 0 spiro atoms. The SMILES string of the molecule is COC(=O)NC[C@@H](C)CCC1=C(C)[C@H]2[C@H](C[C@H]3[C@@H]4CC[C@H]5C[C@@H](C)CC[C@]5(C)[C@H]4CC[C@@]32C)O1. The molecule has 4 aliphatic carbocycles. The van der Waals surface area contributed by atoms with Crippen LogP contribution in [0.25, 0.3) is 0 Å². The van der Waals surface area contributed by atoms with Gasteiger partial charge in [0, 0.05) is 18.9 Å². The zero-order valence-corrected chi connectivity index (χ0v) is 22.6. The minimum atomic E-state index is -0.339. The highest BCUT2D eigenvalue weighted by atomic mass is 16.5. The Morgan fingerprint density at radius 1 is 1.12 bits per heavy atom. The van der Waals surface area contributed by atoms with Crippen molar-refractivity contribution in [1.82, 2.24) is 5.32 Å². The molecule has 4 fully saturated rings. The number of fused-ring (bicyclic) bond motifs is 7. The number of hydrogen-bond donors (Lipinski definition) is 1. The van der Waals surface area contributed by atoms with Crippen molar-refractivity contribution in [3.8, 4) is 0 Å². The standard InChI is InChI=1S/C30H49NO3/c1-18-11-13-29(4)21(15-18)8-9-22-23(29)12-14-30(5)24(22)16-26-27(30)20(3)25(34-26)10-7-19(2)17-31-28(32)33-6/h18-19,21-24,26-27H,7-17H2,1-6H3,(H,31,32)/t18-,19-,21-,22+,23-,24-,26-,27-,29-,30-/m0/s1. The molecule has 10 atom stereocenters. The molecule has 4 nitrogen and oxygen atoms in total. The molecule has 0 aromatic rings. The van der Waals surface area contributed by atoms with Crippen LogP contribution in [0.1, 0.15) is 98.8 Å². The number of carbonyl (C=O) groups excluding carboxylic acids is 1. The van der Waals surface area contributed by atoms with Crippen LogP contribution in [0.3, 0.4) is 0 Å². The molecule has 1 heterocycles. The van der Waals surface area contributed by atoms with Crippen molar-refractivity contribution in [2.24, 2.45) is 52.3 Å². The third-order valence-electron chi connectivity index (χ3n) is 11.8. The van der Waals surface area contributed by atoms with E-state index in [0.29, 0.717) is 35.3 Å². The summed E-state index contributed by atoms with van der Waals surface area (Å²) in [5.41, 5.74) is 2.56. The number of alkyl carbamates (subject to hydrolysis) is 1. The van der Waals surface area contributed by atoms with Crippen LogP contribution in [0.4, 0.5) is 4.79 Å². The van der Waals surface area contributed by atoms with Crippen molar-refractivity contribution in [2.75, 3.05) is 13.7 Å². The summed E-state index contributed by atoms with van der Waals surface area (Å²) in [4.78, 5) is 11.4. The summed E-state index contributed by atoms with van der Waals surface area (Å²) in [5, 5.41) is 2.84. The van der Waals surface area contributed by atoms with E-state index in [1.54, 1.807) is 5.57 Å². The van der Waals surface area contributed by atoms with E-state index in [2.05, 4.69) is 39.9 Å². The minimum absolute atomic E-state index is 0.339. The van der Waals surface area contributed by atoms with Gasteiger partial charge in [-0.3, -0.25) is 0 Å². The van der Waals surface area contributed by atoms with Gasteiger partial charge in [-0.15, -0.1) is 0 Å². The van der Waals surface area contributed by atoms with Gasteiger partial charge in [0.25, 0.3) is 0 Å². The van der Waals surface area contributed by atoms with Crippen molar-refractivity contribution in [2.45, 2.75) is 105 Å². The van der Waals surface area contributed by atoms with Gasteiger partial charge >= 0.3 is 6.09 Å². The lowest BCUT2D eigenvalue weighted by atomic mass is 9.44. The Morgan fingerprint density at radius 3 is 2.65 bits per heavy atom. The predicted octanol–water partition coefficient (Wildman–Crippen LogP) is 7.34. The van der Waals surface area contributed by atoms with Gasteiger partial charge in [-0.2, -0.15) is 0 Å². The van der Waals surface area contributed by atoms with Crippen LogP contribution in [-0.4, -0.2) is 25.9 Å². The Labute approximate surface area is 208 Å². The van der Waals surface area contributed by atoms with Gasteiger partial charge in [-0.1, -0.05) is 34.1 Å². The quantitative estimate of drug-likeness (QED) is 0.456. The first-order chi connectivity index (χ1) is 16.2. The summed E-state index contributed by atoms with van der Waals surface area (Å²) in [5.74, 6) is 6.92. The highest BCUT2D eigenvalue weighted by Gasteiger charge is 2.64. The first kappa shape index (κ1) is 24.5. The van der Waals surface area contributed by atoms with Crippen molar-refractivity contribution >= 4 is 6.09 Å². The average molecular weight is 472 g/mol. The third-order valence-corrected chi connectivity index (χ3v) is 11.8. The molecule has 4 heteroatoms. The lowest BCUT2D eigenvalue weighted by molar-refractivity contribution is -0.114. The number of hydrogen-bond acceptors (Lipinski definition) is 3. The van der Waals surface area contributed by atoms with Crippen LogP contribution in [0.15, 0.2) is 11.3 Å². The summed E-state index contributed by atoms with van der Waals surface area (Å²) < 4.78 is 11.4. The lowest BCUT2D eigenvalue weighted by Gasteiger charge is -2.61. The lowest BCUT2D eigenvalue weighted by Crippen LogP contribution is -2.53. The topological polar surface area (TPSA) is 47.6 Å². The van der Waals surface area contributed by atoms with Crippen molar-refractivity contribution in [1.29, 1.82) is 0 Å². The molecule has 5 aliphatic rings. The highest BCUT2D eigenvalue weighted by molar-refractivity contribution is 5.66. The van der Waals surface area contributed by atoms with Crippen molar-refractivity contribution in [3.05, 3.63) is 11.3 Å². The molecule has 1 amide bonds. The van der Waals surface area contributed by atoms with Crippen LogP contribution >= 0.6 is 0 Å². The van der Waals surface area contributed by atoms with Crippen molar-refractivity contribution in [3.63, 3.8) is 0 Å². The largest absolute Gasteiger partial charge is 0.494 e. The second-order valence-corrected chi connectivity index (χ2v) is 13.6. The fourth-order valence-corrected chi connectivity index (χ4v) is 9.87. The fourth-order valence-electron chi connectivity index (χ4n) is 9.87. The van der Waals surface area contributed by atoms with Crippen LogP contribution in [-0.2, 0) is 9.47 Å². The summed E-state index contributed by atoms with van der Waals surface area (Å²) in [6, 6.07) is 0. The van der Waals surface area contributed by atoms with E-state index in [4.69, 9.17) is 9.47 Å². The maximum Gasteiger partial charge on any atom is 0.406 e. The number of amides is 1. The number of allylic oxidation sites excluding steroid dienone is 1. The number of ether oxygens (including phenoxy) is 2. The van der Waals surface area contributed by atoms with E-state index in [0.717, 1.165) is 42.4 Å². The monoisotopic (exact) mass is 471 g/mol. The normalized spacial score (nSPS) is 46.0. The van der Waals surface area contributed by atoms with E-state index in [1.165, 1.54) is 64.2 Å². The van der Waals surface area contributed by atoms with Gasteiger partial charge in [0.15, 0.2) is 0 Å². The predicted molar refractivity (Wildman–Crippen MR) is 136 cm³/mol. The summed E-state index contributed by atoms with van der Waals surface area (Å²) >= 11 is 0. The van der Waals surface area contributed by atoms with Crippen LogP contribution < -0.4 is 5.32 Å². The van der Waals surface area contributed by atoms with Crippen molar-refractivity contribution < 1.29 is 14.3 Å². The Kier molecular flexibility index (Phi) is 6.51. The molecule has 0 aromatic heterocycles. The molecule has 5 rings (SSSR count). The molecule has 0 bridgehead atoms. The molecular weight excluding hydrogens is 422 g/mol. The number of rotatable bonds is 5. The van der Waals surface area contributed by atoms with Crippen LogP contribution in [0, 0.1) is 52.3 Å². The number of methoxy groups -OCH3 is 1. The Balaban J connectivity index is 1.26. The second-order valence-electron chi connectivity index (χ2n) is 13.6. The molecule has 1 aliphatic heterocycles. The fraction of sp³-hybridized carbons (Fsp3) is 0.900. The first-order valence-corrected chi connectivity index (χ1v) is 14.4. The maximum absolute atomic E-state index is 11.4. The first-order valence-electron chi connectivity index (χ1n) is 14.4. The molecule has 0 unspecified atom stereocenters. The van der Waals surface area contributed by atoms with Gasteiger partial charge in [0.1, 0.15) is 6.10 Å². The Hall–Kier alpha value is -1.19. The van der Waals surface area contributed by atoms with E-state index in [9.17, 15) is 4.79 Å². The van der Waals surface area contributed by atoms with Gasteiger partial charge in [0.05, 0.1) is 12.9 Å². The zero-order chi connectivity index (χ0) is 24.3. The number of carbonyl (C=O) groups is 1. The molecule has 34 heavy (non-hydrogen) atoms. The molecule has 192 valence electrons. The summed E-state index contributed by atoms with van der Waals surface area (Å²) in [6.07, 6.45) is 13.6. The highest BCUT2D eigenvalue weighted by Crippen LogP contribution is 2.70. The maximum atomic E-state index is 11.4. The van der Waals surface area contributed by atoms with Gasteiger partial charge in [0.2, 0.25) is 0 Å². The summed E-state index contributed by atoms with van der Waals surface area (Å²) in [7, 11) is 1.42. The zero-order valence-electron chi connectivity index (χ0n) is 22.6. The molecule has 0 radical (unpaired) electrons. The van der Waals surface area contributed by atoms with E-state index >= 15 is 0 Å². The summed E-state index contributed by atoms with van der Waals surface area (Å²) in [6.45, 7) is 13.0. The minimum Gasteiger partial charge on any atom is -0.494 e. The number of nitrogens with one attached hydrogen (secondary N) is 1. The van der Waals surface area contributed by atoms with Gasteiger partial charge < -0.3 is 14.8 Å². The average Bonchev–Trinajstić information content (AvgIpc) is 3.29. The Morgan fingerprint density at radius 2 is 1.88 bits per heavy atom. The third kappa shape index (κ3) is 3.90.